The van der Waals surface area contributed by atoms with E-state index < -0.39 is 5.97 Å². The van der Waals surface area contributed by atoms with Gasteiger partial charge in [-0.05, 0) is 30.7 Å². The van der Waals surface area contributed by atoms with E-state index >= 15 is 0 Å². The Morgan fingerprint density at radius 2 is 2.44 bits per heavy atom. The van der Waals surface area contributed by atoms with Gasteiger partial charge in [-0.15, -0.1) is 0 Å². The molecule has 1 saturated heterocycles. The fourth-order valence-corrected chi connectivity index (χ4v) is 3.60. The first kappa shape index (κ1) is 11.6. The summed E-state index contributed by atoms with van der Waals surface area (Å²) in [5.41, 5.74) is 1.26. The molecule has 0 radical (unpaired) electrons. The van der Waals surface area contributed by atoms with E-state index in [0.29, 0.717) is 10.8 Å². The zero-order valence-electron chi connectivity index (χ0n) is 9.87. The second-order valence-electron chi connectivity index (χ2n) is 4.53. The van der Waals surface area contributed by atoms with Gasteiger partial charge in [-0.3, -0.25) is 0 Å². The summed E-state index contributed by atoms with van der Waals surface area (Å²) in [5, 5.41) is 9.65. The van der Waals surface area contributed by atoms with E-state index in [4.69, 9.17) is 5.11 Å². The average Bonchev–Trinajstić information content (AvgIpc) is 2.99. The number of hydrogen-bond acceptors (Lipinski definition) is 3. The summed E-state index contributed by atoms with van der Waals surface area (Å²) in [7, 11) is 0. The summed E-state index contributed by atoms with van der Waals surface area (Å²) >= 11 is 1.99. The lowest BCUT2D eigenvalue weighted by Gasteiger charge is -2.07. The van der Waals surface area contributed by atoms with Crippen LogP contribution in [0.2, 0.25) is 0 Å². The minimum Gasteiger partial charge on any atom is -0.478 e. The maximum atomic E-state index is 11.0. The van der Waals surface area contributed by atoms with Crippen molar-refractivity contribution in [1.29, 1.82) is 0 Å². The van der Waals surface area contributed by atoms with Crippen LogP contribution in [0.4, 0.5) is 0 Å². The minimum absolute atomic E-state index is 0.306. The molecule has 0 aliphatic carbocycles. The molecule has 0 aromatic carbocycles. The van der Waals surface area contributed by atoms with Gasteiger partial charge in [0.2, 0.25) is 0 Å². The van der Waals surface area contributed by atoms with Gasteiger partial charge in [0.05, 0.1) is 17.3 Å². The third-order valence-electron chi connectivity index (χ3n) is 3.29. The highest BCUT2D eigenvalue weighted by Gasteiger charge is 2.18. The Balaban J connectivity index is 1.95. The van der Waals surface area contributed by atoms with Crippen LogP contribution in [0.15, 0.2) is 24.5 Å². The average molecular weight is 262 g/mol. The van der Waals surface area contributed by atoms with Gasteiger partial charge in [-0.1, -0.05) is 0 Å². The van der Waals surface area contributed by atoms with Crippen molar-refractivity contribution in [3.8, 4) is 0 Å². The molecule has 3 heterocycles. The molecule has 0 saturated carbocycles. The smallest absolute Gasteiger partial charge is 0.337 e. The van der Waals surface area contributed by atoms with Crippen LogP contribution in [0.5, 0.6) is 0 Å². The molecule has 2 aromatic heterocycles. The van der Waals surface area contributed by atoms with E-state index in [1.54, 1.807) is 18.5 Å². The molecule has 5 heteroatoms. The van der Waals surface area contributed by atoms with Crippen LogP contribution in [-0.2, 0) is 6.42 Å². The Labute approximate surface area is 109 Å². The summed E-state index contributed by atoms with van der Waals surface area (Å²) < 4.78 is 1.91. The van der Waals surface area contributed by atoms with Gasteiger partial charge in [0.15, 0.2) is 0 Å². The van der Waals surface area contributed by atoms with Gasteiger partial charge in [0.25, 0.3) is 0 Å². The number of nitrogens with zero attached hydrogens (tertiary/aromatic N) is 2. The molecule has 0 amide bonds. The molecule has 1 fully saturated rings. The van der Waals surface area contributed by atoms with Crippen molar-refractivity contribution in [2.75, 3.05) is 5.75 Å². The Bertz CT molecular complexity index is 588. The second kappa shape index (κ2) is 4.65. The second-order valence-corrected chi connectivity index (χ2v) is 5.94. The highest BCUT2D eigenvalue weighted by atomic mass is 32.2. The third-order valence-corrected chi connectivity index (χ3v) is 4.68. The number of hydrogen-bond donors (Lipinski definition) is 1. The number of pyridine rings is 1. The predicted molar refractivity (Wildman–Crippen MR) is 71.3 cm³/mol. The number of aromatic nitrogens is 2. The van der Waals surface area contributed by atoms with E-state index in [0.717, 1.165) is 17.8 Å². The third kappa shape index (κ3) is 2.10. The number of carboxylic acids is 1. The minimum atomic E-state index is -0.896. The van der Waals surface area contributed by atoms with Crippen molar-refractivity contribution >= 4 is 23.2 Å². The molecule has 4 nitrogen and oxygen atoms in total. The van der Waals surface area contributed by atoms with Crippen molar-refractivity contribution in [2.45, 2.75) is 24.5 Å². The zero-order valence-corrected chi connectivity index (χ0v) is 10.7. The quantitative estimate of drug-likeness (QED) is 0.923. The Hall–Kier alpha value is -1.49. The molecule has 3 rings (SSSR count). The van der Waals surface area contributed by atoms with Gasteiger partial charge in [-0.2, -0.15) is 11.8 Å². The van der Waals surface area contributed by atoms with Crippen LogP contribution in [0.25, 0.3) is 5.52 Å². The molecule has 1 aliphatic heterocycles. The molecule has 1 aliphatic rings. The number of fused-ring (bicyclic) bond motifs is 1. The Kier molecular flexibility index (Phi) is 2.99. The number of rotatable bonds is 3. The molecule has 1 unspecified atom stereocenters. The fourth-order valence-electron chi connectivity index (χ4n) is 2.33. The van der Waals surface area contributed by atoms with E-state index in [1.165, 1.54) is 18.6 Å². The standard InChI is InChI=1S/C13H14N2O2S/c16-13(17)9-3-4-10-7-14-12(15(10)8-9)6-11-2-1-5-18-11/h3-4,7-8,11H,1-2,5-6H2,(H,16,17). The lowest BCUT2D eigenvalue weighted by Crippen LogP contribution is -2.07. The van der Waals surface area contributed by atoms with Gasteiger partial charge in [-0.25, -0.2) is 9.78 Å². The van der Waals surface area contributed by atoms with Crippen LogP contribution in [-0.4, -0.2) is 31.5 Å². The summed E-state index contributed by atoms with van der Waals surface area (Å²) in [6, 6.07) is 3.43. The van der Waals surface area contributed by atoms with Gasteiger partial charge < -0.3 is 9.51 Å². The van der Waals surface area contributed by atoms with E-state index in [9.17, 15) is 4.79 Å². The maximum Gasteiger partial charge on any atom is 0.337 e. The molecule has 0 bridgehead atoms. The van der Waals surface area contributed by atoms with Crippen molar-refractivity contribution in [3.05, 3.63) is 35.9 Å². The number of carbonyl (C=O) groups is 1. The van der Waals surface area contributed by atoms with E-state index in [1.807, 2.05) is 22.2 Å². The van der Waals surface area contributed by atoms with Crippen molar-refractivity contribution < 1.29 is 9.90 Å². The lowest BCUT2D eigenvalue weighted by atomic mass is 10.2. The van der Waals surface area contributed by atoms with Crippen LogP contribution in [0, 0.1) is 0 Å². The summed E-state index contributed by atoms with van der Waals surface area (Å²) in [6.45, 7) is 0. The predicted octanol–water partition coefficient (Wildman–Crippen LogP) is 2.47. The van der Waals surface area contributed by atoms with Crippen molar-refractivity contribution in [3.63, 3.8) is 0 Å². The Morgan fingerprint density at radius 3 is 3.17 bits per heavy atom. The molecule has 0 spiro atoms. The van der Waals surface area contributed by atoms with Crippen molar-refractivity contribution in [1.82, 2.24) is 9.38 Å². The molecule has 94 valence electrons. The Morgan fingerprint density at radius 1 is 1.56 bits per heavy atom. The molecular formula is C13H14N2O2S. The molecule has 1 N–H and O–H groups in total. The highest BCUT2D eigenvalue weighted by Crippen LogP contribution is 2.28. The first-order valence-corrected chi connectivity index (χ1v) is 7.10. The van der Waals surface area contributed by atoms with Crippen LogP contribution in [0.3, 0.4) is 0 Å². The van der Waals surface area contributed by atoms with Gasteiger partial charge in [0.1, 0.15) is 5.82 Å². The number of imidazole rings is 1. The zero-order chi connectivity index (χ0) is 12.5. The molecule has 18 heavy (non-hydrogen) atoms. The van der Waals surface area contributed by atoms with Gasteiger partial charge in [0, 0.05) is 17.9 Å². The van der Waals surface area contributed by atoms with Crippen LogP contribution < -0.4 is 0 Å². The summed E-state index contributed by atoms with van der Waals surface area (Å²) in [6.07, 6.45) is 6.90. The van der Waals surface area contributed by atoms with E-state index in [-0.39, 0.29) is 0 Å². The molecular weight excluding hydrogens is 248 g/mol. The van der Waals surface area contributed by atoms with Crippen molar-refractivity contribution in [2.24, 2.45) is 0 Å². The highest BCUT2D eigenvalue weighted by molar-refractivity contribution is 8.00. The molecule has 1 atom stereocenters. The first-order chi connectivity index (χ1) is 8.74. The number of thioether (sulfide) groups is 1. The summed E-state index contributed by atoms with van der Waals surface area (Å²) in [5.74, 6) is 1.30. The number of carboxylic acid groups (broad SMARTS) is 1. The SMILES string of the molecule is O=C(O)c1ccc2cnc(CC3CCCS3)n2c1. The largest absolute Gasteiger partial charge is 0.478 e. The van der Waals surface area contributed by atoms with Gasteiger partial charge >= 0.3 is 5.97 Å². The van der Waals surface area contributed by atoms with Crippen LogP contribution in [0.1, 0.15) is 29.0 Å². The topological polar surface area (TPSA) is 54.6 Å². The number of aromatic carboxylic acids is 1. The molecule has 2 aromatic rings. The fraction of sp³-hybridized carbons (Fsp3) is 0.385. The summed E-state index contributed by atoms with van der Waals surface area (Å²) in [4.78, 5) is 15.4. The first-order valence-electron chi connectivity index (χ1n) is 6.05. The van der Waals surface area contributed by atoms with Crippen LogP contribution >= 0.6 is 11.8 Å². The monoisotopic (exact) mass is 262 g/mol. The lowest BCUT2D eigenvalue weighted by molar-refractivity contribution is 0.0696. The van der Waals surface area contributed by atoms with E-state index in [2.05, 4.69) is 4.98 Å². The maximum absolute atomic E-state index is 11.0. The normalized spacial score (nSPS) is 19.4.